The maximum atomic E-state index is 12.8. The molecule has 2 bridgehead atoms. The summed E-state index contributed by atoms with van der Waals surface area (Å²) < 4.78 is 27.1. The molecule has 3 rings (SSSR count). The molecular formula is C13H19ClN4O2S. The lowest BCUT2D eigenvalue weighted by Crippen LogP contribution is -2.39. The molecule has 2 atom stereocenters. The Morgan fingerprint density at radius 2 is 2.05 bits per heavy atom. The largest absolute Gasteiger partial charge is 0.382 e. The quantitative estimate of drug-likeness (QED) is 0.880. The van der Waals surface area contributed by atoms with Gasteiger partial charge in [-0.2, -0.15) is 4.31 Å². The normalized spacial score (nSPS) is 27.7. The highest BCUT2D eigenvalue weighted by molar-refractivity contribution is 7.89. The van der Waals surface area contributed by atoms with Crippen molar-refractivity contribution in [3.8, 4) is 0 Å². The summed E-state index contributed by atoms with van der Waals surface area (Å²) >= 11 is 5.90. The molecule has 3 heterocycles. The fourth-order valence-electron chi connectivity index (χ4n) is 3.22. The Kier molecular flexibility index (Phi) is 3.85. The number of aromatic nitrogens is 1. The molecule has 1 aromatic rings. The topological polar surface area (TPSA) is 79.5 Å². The van der Waals surface area contributed by atoms with Crippen molar-refractivity contribution in [2.75, 3.05) is 25.9 Å². The summed E-state index contributed by atoms with van der Waals surface area (Å²) in [5.74, 6) is 0.144. The number of halogens is 1. The number of likely N-dealkylation sites (N-methyl/N-ethyl adjacent to an activating group) is 1. The van der Waals surface area contributed by atoms with Crippen LogP contribution in [0.25, 0.3) is 0 Å². The van der Waals surface area contributed by atoms with Gasteiger partial charge in [0.1, 0.15) is 10.7 Å². The van der Waals surface area contributed by atoms with Crippen LogP contribution in [0.5, 0.6) is 0 Å². The van der Waals surface area contributed by atoms with Gasteiger partial charge >= 0.3 is 0 Å². The molecule has 0 aliphatic carbocycles. The predicted octanol–water partition coefficient (Wildman–Crippen LogP) is 1.17. The van der Waals surface area contributed by atoms with Gasteiger partial charge in [-0.25, -0.2) is 13.4 Å². The number of anilines is 1. The standard InChI is InChI=1S/C13H19ClN4O2S/c1-17-9-2-3-10(17)8-18(5-4-9)21(19,20)11-6-12(14)13(15)16-7-11/h6-7,9-10H,2-5,8H2,1H3,(H2,15,16). The van der Waals surface area contributed by atoms with E-state index >= 15 is 0 Å². The molecule has 2 N–H and O–H groups in total. The summed E-state index contributed by atoms with van der Waals surface area (Å²) in [4.78, 5) is 6.28. The number of fused-ring (bicyclic) bond motifs is 2. The zero-order valence-corrected chi connectivity index (χ0v) is 13.4. The van der Waals surface area contributed by atoms with Crippen molar-refractivity contribution in [1.29, 1.82) is 0 Å². The van der Waals surface area contributed by atoms with Crippen LogP contribution in [0.4, 0.5) is 5.82 Å². The van der Waals surface area contributed by atoms with Crippen LogP contribution in [0.15, 0.2) is 17.2 Å². The van der Waals surface area contributed by atoms with Gasteiger partial charge in [0.05, 0.1) is 5.02 Å². The van der Waals surface area contributed by atoms with Crippen LogP contribution in [0.3, 0.4) is 0 Å². The van der Waals surface area contributed by atoms with Gasteiger partial charge in [-0.1, -0.05) is 11.6 Å². The van der Waals surface area contributed by atoms with Gasteiger partial charge in [-0.3, -0.25) is 4.90 Å². The van der Waals surface area contributed by atoms with Crippen molar-refractivity contribution >= 4 is 27.4 Å². The van der Waals surface area contributed by atoms with Crippen LogP contribution in [0, 0.1) is 0 Å². The van der Waals surface area contributed by atoms with Crippen LogP contribution >= 0.6 is 11.6 Å². The molecule has 0 radical (unpaired) electrons. The molecule has 0 amide bonds. The van der Waals surface area contributed by atoms with E-state index in [9.17, 15) is 8.42 Å². The first-order chi connectivity index (χ1) is 9.89. The summed E-state index contributed by atoms with van der Waals surface area (Å²) in [6, 6.07) is 2.17. The molecule has 2 aliphatic rings. The Morgan fingerprint density at radius 3 is 2.76 bits per heavy atom. The highest BCUT2D eigenvalue weighted by atomic mass is 35.5. The average molecular weight is 331 g/mol. The molecule has 2 fully saturated rings. The molecule has 0 spiro atoms. The molecule has 8 heteroatoms. The predicted molar refractivity (Wildman–Crippen MR) is 81.6 cm³/mol. The zero-order valence-electron chi connectivity index (χ0n) is 11.9. The van der Waals surface area contributed by atoms with Crippen molar-refractivity contribution in [2.45, 2.75) is 36.2 Å². The summed E-state index contributed by atoms with van der Waals surface area (Å²) in [5.41, 5.74) is 5.54. The van der Waals surface area contributed by atoms with Crippen molar-refractivity contribution in [1.82, 2.24) is 14.2 Å². The fourth-order valence-corrected chi connectivity index (χ4v) is 4.91. The lowest BCUT2D eigenvalue weighted by atomic mass is 10.1. The van der Waals surface area contributed by atoms with Gasteiger partial charge in [0.15, 0.2) is 0 Å². The number of rotatable bonds is 2. The van der Waals surface area contributed by atoms with E-state index in [1.807, 2.05) is 0 Å². The number of hydrogen-bond donors (Lipinski definition) is 1. The lowest BCUT2D eigenvalue weighted by Gasteiger charge is -2.25. The van der Waals surface area contributed by atoms with Gasteiger partial charge < -0.3 is 5.73 Å². The Balaban J connectivity index is 1.89. The Labute approximate surface area is 129 Å². The highest BCUT2D eigenvalue weighted by Crippen LogP contribution is 2.31. The van der Waals surface area contributed by atoms with E-state index in [-0.39, 0.29) is 15.7 Å². The minimum absolute atomic E-state index is 0.113. The Morgan fingerprint density at radius 1 is 1.33 bits per heavy atom. The molecule has 6 nitrogen and oxygen atoms in total. The Hall–Kier alpha value is -0.890. The monoisotopic (exact) mass is 330 g/mol. The zero-order chi connectivity index (χ0) is 15.2. The van der Waals surface area contributed by atoms with E-state index in [2.05, 4.69) is 16.9 Å². The summed E-state index contributed by atoms with van der Waals surface area (Å²) in [6.45, 7) is 1.06. The second kappa shape index (κ2) is 5.39. The molecule has 116 valence electrons. The van der Waals surface area contributed by atoms with Gasteiger partial charge in [0, 0.05) is 31.4 Å². The van der Waals surface area contributed by atoms with Crippen molar-refractivity contribution in [3.05, 3.63) is 17.3 Å². The second-order valence-corrected chi connectivity index (χ2v) is 8.09. The van der Waals surface area contributed by atoms with E-state index < -0.39 is 10.0 Å². The maximum Gasteiger partial charge on any atom is 0.244 e. The number of nitrogens with two attached hydrogens (primary N) is 1. The first kappa shape index (κ1) is 15.0. The number of sulfonamides is 1. The summed E-state index contributed by atoms with van der Waals surface area (Å²) in [7, 11) is -1.48. The third kappa shape index (κ3) is 2.63. The number of nitrogens with zero attached hydrogens (tertiary/aromatic N) is 3. The van der Waals surface area contributed by atoms with Crippen molar-refractivity contribution in [2.24, 2.45) is 0 Å². The highest BCUT2D eigenvalue weighted by Gasteiger charge is 2.38. The molecule has 0 aromatic carbocycles. The summed E-state index contributed by atoms with van der Waals surface area (Å²) in [5, 5.41) is 0.171. The minimum Gasteiger partial charge on any atom is -0.382 e. The van der Waals surface area contributed by atoms with Crippen LogP contribution in [-0.2, 0) is 10.0 Å². The van der Waals surface area contributed by atoms with Gasteiger partial charge in [0.2, 0.25) is 10.0 Å². The number of nitrogen functional groups attached to an aromatic ring is 1. The molecule has 2 aliphatic heterocycles. The first-order valence-electron chi connectivity index (χ1n) is 7.02. The van der Waals surface area contributed by atoms with Crippen LogP contribution in [-0.4, -0.2) is 54.8 Å². The lowest BCUT2D eigenvalue weighted by molar-refractivity contribution is 0.246. The average Bonchev–Trinajstić information content (AvgIpc) is 2.65. The van der Waals surface area contributed by atoms with Gasteiger partial charge in [-0.15, -0.1) is 0 Å². The maximum absolute atomic E-state index is 12.8. The molecule has 0 saturated carbocycles. The van der Waals surface area contributed by atoms with E-state index in [1.54, 1.807) is 4.31 Å². The molecule has 21 heavy (non-hydrogen) atoms. The summed E-state index contributed by atoms with van der Waals surface area (Å²) in [6.07, 6.45) is 4.35. The van der Waals surface area contributed by atoms with Crippen molar-refractivity contribution in [3.63, 3.8) is 0 Å². The molecule has 2 saturated heterocycles. The first-order valence-corrected chi connectivity index (χ1v) is 8.84. The van der Waals surface area contributed by atoms with Crippen molar-refractivity contribution < 1.29 is 8.42 Å². The van der Waals surface area contributed by atoms with Gasteiger partial charge in [-0.05, 0) is 32.4 Å². The molecule has 1 aromatic heterocycles. The van der Waals surface area contributed by atoms with Crippen LogP contribution < -0.4 is 5.73 Å². The second-order valence-electron chi connectivity index (χ2n) is 5.74. The molecule has 2 unspecified atom stereocenters. The smallest absolute Gasteiger partial charge is 0.244 e. The van der Waals surface area contributed by atoms with Gasteiger partial charge in [0.25, 0.3) is 0 Å². The third-order valence-corrected chi connectivity index (χ3v) is 6.73. The van der Waals surface area contributed by atoms with E-state index in [4.69, 9.17) is 17.3 Å². The van der Waals surface area contributed by atoms with Crippen LogP contribution in [0.2, 0.25) is 5.02 Å². The third-order valence-electron chi connectivity index (χ3n) is 4.59. The molecular weight excluding hydrogens is 312 g/mol. The number of hydrogen-bond acceptors (Lipinski definition) is 5. The number of pyridine rings is 1. The van der Waals surface area contributed by atoms with E-state index in [1.165, 1.54) is 12.3 Å². The van der Waals surface area contributed by atoms with Crippen LogP contribution in [0.1, 0.15) is 19.3 Å². The SMILES string of the molecule is CN1C2CCC1CN(S(=O)(=O)c1cnc(N)c(Cl)c1)CC2. The van der Waals surface area contributed by atoms with E-state index in [0.29, 0.717) is 25.2 Å². The Bertz CT molecular complexity index is 652. The fraction of sp³-hybridized carbons (Fsp3) is 0.615. The minimum atomic E-state index is -3.57. The van der Waals surface area contributed by atoms with E-state index in [0.717, 1.165) is 19.3 Å².